The van der Waals surface area contributed by atoms with Gasteiger partial charge in [-0.25, -0.2) is 10.2 Å². The summed E-state index contributed by atoms with van der Waals surface area (Å²) in [6.07, 6.45) is 8.47. The fraction of sp³-hybridized carbons (Fsp3) is 0.0455. The van der Waals surface area contributed by atoms with Crippen LogP contribution in [-0.2, 0) is 9.59 Å². The Bertz CT molecular complexity index is 1140. The topological polar surface area (TPSA) is 123 Å². The van der Waals surface area contributed by atoms with E-state index in [-0.39, 0.29) is 12.3 Å². The van der Waals surface area contributed by atoms with E-state index in [9.17, 15) is 14.4 Å². The molecular weight excluding hydrogens is 480 g/mol. The number of pyridine rings is 1. The van der Waals surface area contributed by atoms with Crippen molar-refractivity contribution in [3.63, 3.8) is 0 Å². The number of carbonyl (C=O) groups excluding carboxylic acids is 3. The first-order chi connectivity index (χ1) is 15.5. The minimum absolute atomic E-state index is 0.241. The van der Waals surface area contributed by atoms with Crippen molar-refractivity contribution in [1.29, 1.82) is 0 Å². The monoisotopic (exact) mass is 496 g/mol. The van der Waals surface area contributed by atoms with Crippen molar-refractivity contribution in [2.24, 2.45) is 5.10 Å². The number of esters is 1. The quantitative estimate of drug-likeness (QED) is 0.162. The molecule has 0 spiro atoms. The lowest BCUT2D eigenvalue weighted by molar-refractivity contribution is -0.129. The molecule has 0 aliphatic carbocycles. The van der Waals surface area contributed by atoms with Crippen LogP contribution in [0, 0.1) is 0 Å². The lowest BCUT2D eigenvalue weighted by Gasteiger charge is -2.06. The van der Waals surface area contributed by atoms with Crippen LogP contribution in [0.15, 0.2) is 81.2 Å². The Hall–Kier alpha value is -4.05. The van der Waals surface area contributed by atoms with E-state index in [4.69, 9.17) is 9.15 Å². The van der Waals surface area contributed by atoms with Gasteiger partial charge < -0.3 is 14.5 Å². The van der Waals surface area contributed by atoms with Crippen LogP contribution < -0.4 is 15.5 Å². The second-order valence-corrected chi connectivity index (χ2v) is 7.09. The molecule has 2 N–H and O–H groups in total. The fourth-order valence-electron chi connectivity index (χ4n) is 2.36. The summed E-state index contributed by atoms with van der Waals surface area (Å²) in [6, 6.07) is 11.5. The third-order valence-corrected chi connectivity index (χ3v) is 4.33. The standard InChI is InChI=1S/C22H17BrN4O5/c23-17-5-7-19(32-21(29)8-6-18-4-2-10-31-18)16(11-17)13-26-27-20(28)14-25-22(30)15-3-1-9-24-12-15/h1-13H,14H2,(H,25,30)(H,27,28)/b8-6+,26-13+. The first kappa shape index (κ1) is 22.6. The number of carbonyl (C=O) groups is 3. The van der Waals surface area contributed by atoms with Gasteiger partial charge in [-0.2, -0.15) is 5.10 Å². The summed E-state index contributed by atoms with van der Waals surface area (Å²) in [6.45, 7) is -0.275. The zero-order valence-electron chi connectivity index (χ0n) is 16.5. The van der Waals surface area contributed by atoms with E-state index >= 15 is 0 Å². The van der Waals surface area contributed by atoms with Crippen molar-refractivity contribution in [3.05, 3.63) is 88.6 Å². The number of hydrogen-bond donors (Lipinski definition) is 2. The highest BCUT2D eigenvalue weighted by atomic mass is 79.9. The number of nitrogens with zero attached hydrogens (tertiary/aromatic N) is 2. The van der Waals surface area contributed by atoms with Gasteiger partial charge in [-0.3, -0.25) is 14.6 Å². The predicted molar refractivity (Wildman–Crippen MR) is 120 cm³/mol. The lowest BCUT2D eigenvalue weighted by Crippen LogP contribution is -2.34. The van der Waals surface area contributed by atoms with E-state index < -0.39 is 17.8 Å². The maximum absolute atomic E-state index is 12.1. The number of furan rings is 1. The average molecular weight is 497 g/mol. The lowest BCUT2D eigenvalue weighted by atomic mass is 10.2. The Kier molecular flexibility index (Phi) is 8.04. The van der Waals surface area contributed by atoms with Crippen LogP contribution >= 0.6 is 15.9 Å². The summed E-state index contributed by atoms with van der Waals surface area (Å²) in [5.74, 6) is -0.821. The molecule has 0 atom stereocenters. The number of nitrogens with one attached hydrogen (secondary N) is 2. The van der Waals surface area contributed by atoms with Gasteiger partial charge in [0.05, 0.1) is 24.6 Å². The van der Waals surface area contributed by atoms with Gasteiger partial charge in [0.25, 0.3) is 11.8 Å². The number of ether oxygens (including phenoxy) is 1. The molecule has 2 heterocycles. The molecule has 0 aliphatic rings. The highest BCUT2D eigenvalue weighted by molar-refractivity contribution is 9.10. The Balaban J connectivity index is 1.55. The van der Waals surface area contributed by atoms with Crippen molar-refractivity contribution in [2.45, 2.75) is 0 Å². The third kappa shape index (κ3) is 7.03. The molecule has 2 aromatic heterocycles. The minimum Gasteiger partial charge on any atom is -0.465 e. The molecule has 0 radical (unpaired) electrons. The molecule has 0 unspecified atom stereocenters. The Morgan fingerprint density at radius 1 is 1.19 bits per heavy atom. The van der Waals surface area contributed by atoms with Gasteiger partial charge in [-0.1, -0.05) is 15.9 Å². The van der Waals surface area contributed by atoms with E-state index in [1.54, 1.807) is 48.7 Å². The van der Waals surface area contributed by atoms with E-state index in [1.165, 1.54) is 30.8 Å². The molecule has 0 fully saturated rings. The summed E-state index contributed by atoms with van der Waals surface area (Å²) in [4.78, 5) is 39.8. The molecule has 0 saturated carbocycles. The van der Waals surface area contributed by atoms with Gasteiger partial charge in [0, 0.05) is 28.5 Å². The number of rotatable bonds is 8. The Morgan fingerprint density at radius 2 is 2.06 bits per heavy atom. The van der Waals surface area contributed by atoms with Crippen LogP contribution in [0.1, 0.15) is 21.7 Å². The molecule has 10 heteroatoms. The highest BCUT2D eigenvalue weighted by Gasteiger charge is 2.09. The predicted octanol–water partition coefficient (Wildman–Crippen LogP) is 2.94. The molecule has 0 saturated heterocycles. The zero-order valence-corrected chi connectivity index (χ0v) is 18.1. The molecule has 2 amide bonds. The Labute approximate surface area is 191 Å². The van der Waals surface area contributed by atoms with Gasteiger partial charge in [0.2, 0.25) is 0 Å². The number of aromatic nitrogens is 1. The number of benzene rings is 1. The van der Waals surface area contributed by atoms with Crippen LogP contribution in [0.3, 0.4) is 0 Å². The number of hydrogen-bond acceptors (Lipinski definition) is 7. The molecule has 32 heavy (non-hydrogen) atoms. The number of hydrazone groups is 1. The summed E-state index contributed by atoms with van der Waals surface area (Å²) < 4.78 is 11.2. The summed E-state index contributed by atoms with van der Waals surface area (Å²) in [5, 5.41) is 6.32. The van der Waals surface area contributed by atoms with Crippen LogP contribution in [-0.4, -0.2) is 35.5 Å². The molecule has 3 aromatic rings. The van der Waals surface area contributed by atoms with Crippen molar-refractivity contribution in [1.82, 2.24) is 15.7 Å². The fourth-order valence-corrected chi connectivity index (χ4v) is 2.74. The first-order valence-electron chi connectivity index (χ1n) is 9.24. The molecule has 162 valence electrons. The van der Waals surface area contributed by atoms with E-state index in [0.717, 1.165) is 4.47 Å². The van der Waals surface area contributed by atoms with Gasteiger partial charge >= 0.3 is 5.97 Å². The smallest absolute Gasteiger partial charge is 0.336 e. The van der Waals surface area contributed by atoms with Gasteiger partial charge in [-0.15, -0.1) is 0 Å². The molecule has 0 aliphatic heterocycles. The largest absolute Gasteiger partial charge is 0.465 e. The number of halogens is 1. The van der Waals surface area contributed by atoms with Gasteiger partial charge in [-0.05, 0) is 48.5 Å². The summed E-state index contributed by atoms with van der Waals surface area (Å²) in [5.41, 5.74) is 3.08. The second kappa shape index (κ2) is 11.4. The maximum atomic E-state index is 12.1. The van der Waals surface area contributed by atoms with E-state index in [1.807, 2.05) is 0 Å². The van der Waals surface area contributed by atoms with E-state index in [0.29, 0.717) is 16.9 Å². The molecule has 3 rings (SSSR count). The molecular formula is C22H17BrN4O5. The summed E-state index contributed by atoms with van der Waals surface area (Å²) in [7, 11) is 0. The van der Waals surface area contributed by atoms with Crippen LogP contribution in [0.4, 0.5) is 0 Å². The highest BCUT2D eigenvalue weighted by Crippen LogP contribution is 2.22. The second-order valence-electron chi connectivity index (χ2n) is 6.17. The molecule has 1 aromatic carbocycles. The van der Waals surface area contributed by atoms with Crippen molar-refractivity contribution >= 4 is 46.0 Å². The number of amides is 2. The molecule has 9 nitrogen and oxygen atoms in total. The van der Waals surface area contributed by atoms with E-state index in [2.05, 4.69) is 36.8 Å². The van der Waals surface area contributed by atoms with Gasteiger partial charge in [0.15, 0.2) is 0 Å². The zero-order chi connectivity index (χ0) is 22.8. The first-order valence-corrected chi connectivity index (χ1v) is 10.0. The minimum atomic E-state index is -0.611. The van der Waals surface area contributed by atoms with Crippen molar-refractivity contribution in [3.8, 4) is 5.75 Å². The van der Waals surface area contributed by atoms with Gasteiger partial charge in [0.1, 0.15) is 11.5 Å². The average Bonchev–Trinajstić information content (AvgIpc) is 3.32. The van der Waals surface area contributed by atoms with Crippen LogP contribution in [0.5, 0.6) is 5.75 Å². The normalized spacial score (nSPS) is 10.9. The third-order valence-electron chi connectivity index (χ3n) is 3.84. The Morgan fingerprint density at radius 3 is 2.81 bits per heavy atom. The van der Waals surface area contributed by atoms with Crippen LogP contribution in [0.2, 0.25) is 0 Å². The van der Waals surface area contributed by atoms with Crippen LogP contribution in [0.25, 0.3) is 6.08 Å². The SMILES string of the molecule is O=C(CNC(=O)c1cccnc1)N/N=C/c1cc(Br)ccc1OC(=O)/C=C/c1ccco1. The maximum Gasteiger partial charge on any atom is 0.336 e. The molecule has 0 bridgehead atoms. The summed E-state index contributed by atoms with van der Waals surface area (Å²) >= 11 is 3.33. The van der Waals surface area contributed by atoms with Crippen molar-refractivity contribution < 1.29 is 23.5 Å². The van der Waals surface area contributed by atoms with Crippen molar-refractivity contribution in [2.75, 3.05) is 6.54 Å².